The molecule has 0 radical (unpaired) electrons. The summed E-state index contributed by atoms with van der Waals surface area (Å²) >= 11 is 12.9. The Morgan fingerprint density at radius 3 is 1.53 bits per heavy atom. The lowest BCUT2D eigenvalue weighted by Crippen LogP contribution is -1.76. The van der Waals surface area contributed by atoms with Crippen LogP contribution in [0.15, 0.2) is 32.9 Å². The van der Waals surface area contributed by atoms with Crippen LogP contribution in [0, 0.1) is 0 Å². The van der Waals surface area contributed by atoms with Gasteiger partial charge < -0.3 is 0 Å². The third-order valence-corrected chi connectivity index (χ3v) is 8.63. The monoisotopic (exact) mass is 432 g/mol. The van der Waals surface area contributed by atoms with Gasteiger partial charge in [0, 0.05) is 0 Å². The minimum Gasteiger partial charge on any atom is -0.133 e. The molecule has 3 rings (SSSR count). The predicted octanol–water partition coefficient (Wildman–Crippen LogP) is 7.16. The van der Waals surface area contributed by atoms with Crippen LogP contribution in [0.25, 0.3) is 18.8 Å². The molecule has 3 heterocycles. The average molecular weight is 434 g/mol. The van der Waals surface area contributed by atoms with Crippen molar-refractivity contribution in [2.45, 2.75) is 12.8 Å². The number of hydrogen-bond donors (Lipinski definition) is 0. The smallest absolute Gasteiger partial charge is 0.0755 e. The highest BCUT2D eigenvalue weighted by Gasteiger charge is 2.20. The summed E-state index contributed by atoms with van der Waals surface area (Å²) in [7, 11) is 0. The Bertz CT molecular complexity index is 724. The number of rotatable bonds is 4. The van der Waals surface area contributed by atoms with Gasteiger partial charge in [0.25, 0.3) is 0 Å². The van der Waals surface area contributed by atoms with Crippen molar-refractivity contribution < 1.29 is 0 Å². The highest BCUT2D eigenvalue weighted by atomic mass is 79.9. The Morgan fingerprint density at radius 1 is 0.737 bits per heavy atom. The van der Waals surface area contributed by atoms with E-state index in [0.29, 0.717) is 0 Å². The van der Waals surface area contributed by atoms with Gasteiger partial charge in [-0.25, -0.2) is 0 Å². The fraction of sp³-hybridized carbons (Fsp3) is 0.143. The summed E-state index contributed by atoms with van der Waals surface area (Å²) in [5, 5.41) is 0. The molecule has 0 aliphatic rings. The van der Waals surface area contributed by atoms with Crippen LogP contribution < -0.4 is 0 Å². The van der Waals surface area contributed by atoms with Crippen molar-refractivity contribution in [1.82, 2.24) is 0 Å². The largest absolute Gasteiger partial charge is 0.133 e. The second-order valence-corrected chi connectivity index (χ2v) is 9.81. The van der Waals surface area contributed by atoms with Crippen molar-refractivity contribution in [1.29, 1.82) is 0 Å². The van der Waals surface area contributed by atoms with E-state index in [0.717, 1.165) is 12.8 Å². The van der Waals surface area contributed by atoms with Gasteiger partial charge in [-0.15, -0.1) is 47.2 Å². The lowest BCUT2D eigenvalue weighted by Gasteiger charge is -1.94. The normalized spacial score (nSPS) is 11.5. The van der Waals surface area contributed by atoms with Gasteiger partial charge >= 0.3 is 0 Å². The molecule has 19 heavy (non-hydrogen) atoms. The van der Waals surface area contributed by atoms with Crippen LogP contribution in [-0.2, 0) is 12.8 Å². The second-order valence-electron chi connectivity index (χ2n) is 4.11. The van der Waals surface area contributed by atoms with Gasteiger partial charge in [-0.2, -0.15) is 0 Å². The maximum Gasteiger partial charge on any atom is 0.0755 e. The third kappa shape index (κ3) is 2.20. The highest BCUT2D eigenvalue weighted by molar-refractivity contribution is 9.11. The van der Waals surface area contributed by atoms with Crippen molar-refractivity contribution in [2.75, 3.05) is 0 Å². The number of halogens is 2. The molecule has 0 fully saturated rings. The van der Waals surface area contributed by atoms with E-state index in [1.807, 2.05) is 46.2 Å². The first-order valence-electron chi connectivity index (χ1n) is 5.69. The van der Waals surface area contributed by atoms with E-state index in [1.54, 1.807) is 0 Å². The molecule has 0 saturated heterocycles. The highest BCUT2D eigenvalue weighted by Crippen LogP contribution is 2.50. The van der Waals surface area contributed by atoms with Crippen LogP contribution in [-0.4, -0.2) is 0 Å². The molecular weight excluding hydrogens is 424 g/mol. The van der Waals surface area contributed by atoms with Crippen LogP contribution >= 0.6 is 65.9 Å². The predicted molar refractivity (Wildman–Crippen MR) is 98.3 cm³/mol. The summed E-state index contributed by atoms with van der Waals surface area (Å²) in [6, 6.07) is 0. The Labute approximate surface area is 140 Å². The number of allylic oxidation sites excluding steroid dienone is 2. The first-order valence-corrected chi connectivity index (χ1v) is 9.73. The standard InChI is InChI=1S/C14H10Br2S3/c1-3-5-7-9-11(18-13(7)15)12-10(17-9)8(6-4-2)14(16)19-12/h3-4H,1-2,5-6H2. The first kappa shape index (κ1) is 14.0. The summed E-state index contributed by atoms with van der Waals surface area (Å²) in [4.78, 5) is 0. The molecule has 3 aromatic heterocycles. The van der Waals surface area contributed by atoms with Crippen molar-refractivity contribution in [2.24, 2.45) is 0 Å². The second kappa shape index (κ2) is 5.45. The number of fused-ring (bicyclic) bond motifs is 3. The van der Waals surface area contributed by atoms with Crippen LogP contribution in [0.1, 0.15) is 11.1 Å². The van der Waals surface area contributed by atoms with Crippen LogP contribution in [0.2, 0.25) is 0 Å². The quantitative estimate of drug-likeness (QED) is 0.383. The topological polar surface area (TPSA) is 0 Å². The van der Waals surface area contributed by atoms with Gasteiger partial charge in [-0.05, 0) is 55.8 Å². The molecule has 0 bridgehead atoms. The van der Waals surface area contributed by atoms with Crippen LogP contribution in [0.4, 0.5) is 0 Å². The lowest BCUT2D eigenvalue weighted by molar-refractivity contribution is 1.32. The summed E-state index contributed by atoms with van der Waals surface area (Å²) in [6.07, 6.45) is 5.79. The molecule has 98 valence electrons. The minimum atomic E-state index is 0.923. The van der Waals surface area contributed by atoms with Crippen LogP contribution in [0.5, 0.6) is 0 Å². The van der Waals surface area contributed by atoms with E-state index >= 15 is 0 Å². The average Bonchev–Trinajstić information content (AvgIpc) is 2.95. The van der Waals surface area contributed by atoms with Gasteiger partial charge in [-0.3, -0.25) is 0 Å². The molecule has 5 heteroatoms. The number of hydrogen-bond acceptors (Lipinski definition) is 3. The fourth-order valence-corrected chi connectivity index (χ4v) is 8.07. The molecule has 0 spiro atoms. The zero-order valence-electron chi connectivity index (χ0n) is 9.96. The molecule has 0 aliphatic carbocycles. The molecular formula is C14H10Br2S3. The summed E-state index contributed by atoms with van der Waals surface area (Å²) < 4.78 is 8.12. The molecule has 0 aromatic carbocycles. The van der Waals surface area contributed by atoms with E-state index in [2.05, 4.69) is 45.0 Å². The Balaban J connectivity index is 2.34. The molecule has 0 atom stereocenters. The van der Waals surface area contributed by atoms with Gasteiger partial charge in [0.05, 0.1) is 26.4 Å². The van der Waals surface area contributed by atoms with Gasteiger partial charge in [-0.1, -0.05) is 12.2 Å². The molecule has 0 aliphatic heterocycles. The molecule has 0 saturated carbocycles. The van der Waals surface area contributed by atoms with Crippen molar-refractivity contribution in [3.05, 3.63) is 44.0 Å². The Morgan fingerprint density at radius 2 is 1.16 bits per heavy atom. The molecule has 0 amide bonds. The van der Waals surface area contributed by atoms with E-state index in [9.17, 15) is 0 Å². The van der Waals surface area contributed by atoms with Crippen molar-refractivity contribution >= 4 is 84.7 Å². The lowest BCUT2D eigenvalue weighted by atomic mass is 10.2. The molecule has 0 nitrogen and oxygen atoms in total. The van der Waals surface area contributed by atoms with E-state index < -0.39 is 0 Å². The maximum absolute atomic E-state index is 3.86. The van der Waals surface area contributed by atoms with Gasteiger partial charge in [0.15, 0.2) is 0 Å². The molecule has 3 aromatic rings. The SMILES string of the molecule is C=CCc1c(Br)sc2c1sc1c(CC=C)c(Br)sc12. The van der Waals surface area contributed by atoms with E-state index in [-0.39, 0.29) is 0 Å². The van der Waals surface area contributed by atoms with Crippen LogP contribution in [0.3, 0.4) is 0 Å². The summed E-state index contributed by atoms with van der Waals surface area (Å²) in [5.41, 5.74) is 2.76. The Kier molecular flexibility index (Phi) is 4.02. The fourth-order valence-electron chi connectivity index (χ4n) is 2.10. The molecule has 0 unspecified atom stereocenters. The molecule has 0 N–H and O–H groups in total. The zero-order valence-corrected chi connectivity index (χ0v) is 15.6. The van der Waals surface area contributed by atoms with Crippen molar-refractivity contribution in [3.8, 4) is 0 Å². The minimum absolute atomic E-state index is 0.923. The third-order valence-electron chi connectivity index (χ3n) is 2.93. The summed E-state index contributed by atoms with van der Waals surface area (Å²) in [6.45, 7) is 7.71. The Hall–Kier alpha value is 0.0600. The zero-order chi connectivity index (χ0) is 13.6. The number of thiophene rings is 3. The van der Waals surface area contributed by atoms with Crippen molar-refractivity contribution in [3.63, 3.8) is 0 Å². The summed E-state index contributed by atoms with van der Waals surface area (Å²) in [5.74, 6) is 0. The van der Waals surface area contributed by atoms with Gasteiger partial charge in [0.1, 0.15) is 0 Å². The van der Waals surface area contributed by atoms with Gasteiger partial charge in [0.2, 0.25) is 0 Å². The maximum atomic E-state index is 3.86. The first-order chi connectivity index (χ1) is 9.17. The van der Waals surface area contributed by atoms with E-state index in [4.69, 9.17) is 0 Å². The van der Waals surface area contributed by atoms with E-state index in [1.165, 1.54) is 37.5 Å².